The van der Waals surface area contributed by atoms with E-state index in [-0.39, 0.29) is 5.91 Å². The monoisotopic (exact) mass is 472 g/mol. The molecule has 1 aliphatic heterocycles. The summed E-state index contributed by atoms with van der Waals surface area (Å²) < 4.78 is 6.87. The molecule has 1 aromatic heterocycles. The SMILES string of the molecule is Cc1cc(Cl)ccc1N=C1NC(=O)/C(=C/c2ccc(-c3ccc(Br)cc3)o2)S1. The van der Waals surface area contributed by atoms with Gasteiger partial charge in [-0.25, -0.2) is 4.99 Å². The molecule has 0 unspecified atom stereocenters. The topological polar surface area (TPSA) is 54.6 Å². The van der Waals surface area contributed by atoms with Crippen LogP contribution >= 0.6 is 39.3 Å². The number of halogens is 2. The summed E-state index contributed by atoms with van der Waals surface area (Å²) in [7, 11) is 0. The molecule has 1 amide bonds. The molecular weight excluding hydrogens is 460 g/mol. The van der Waals surface area contributed by atoms with E-state index in [1.807, 2.05) is 55.5 Å². The Morgan fingerprint density at radius 3 is 2.68 bits per heavy atom. The van der Waals surface area contributed by atoms with E-state index in [9.17, 15) is 4.79 Å². The lowest BCUT2D eigenvalue weighted by Crippen LogP contribution is -2.19. The third-order valence-electron chi connectivity index (χ3n) is 4.06. The van der Waals surface area contributed by atoms with Crippen molar-refractivity contribution < 1.29 is 9.21 Å². The number of nitrogens with one attached hydrogen (secondary N) is 1. The lowest BCUT2D eigenvalue weighted by Gasteiger charge is -2.01. The second-order valence-electron chi connectivity index (χ2n) is 6.12. The summed E-state index contributed by atoms with van der Waals surface area (Å²) in [6, 6.07) is 17.0. The first-order valence-corrected chi connectivity index (χ1v) is 10.4. The van der Waals surface area contributed by atoms with Crippen LogP contribution < -0.4 is 5.32 Å². The number of carbonyl (C=O) groups is 1. The predicted octanol–water partition coefficient (Wildman–Crippen LogP) is 6.56. The van der Waals surface area contributed by atoms with Gasteiger partial charge < -0.3 is 9.73 Å². The summed E-state index contributed by atoms with van der Waals surface area (Å²) in [5, 5.41) is 3.97. The van der Waals surface area contributed by atoms with Crippen molar-refractivity contribution in [1.29, 1.82) is 0 Å². The van der Waals surface area contributed by atoms with E-state index in [0.717, 1.165) is 27.0 Å². The first kappa shape index (κ1) is 19.1. The molecule has 28 heavy (non-hydrogen) atoms. The molecule has 0 atom stereocenters. The van der Waals surface area contributed by atoms with Crippen molar-refractivity contribution in [3.8, 4) is 11.3 Å². The zero-order valence-corrected chi connectivity index (χ0v) is 17.9. The number of carbonyl (C=O) groups excluding carboxylic acids is 1. The number of hydrogen-bond acceptors (Lipinski definition) is 4. The normalized spacial score (nSPS) is 16.8. The Bertz CT molecular complexity index is 1120. The fourth-order valence-electron chi connectivity index (χ4n) is 2.66. The molecule has 2 heterocycles. The molecule has 4 nitrogen and oxygen atoms in total. The van der Waals surface area contributed by atoms with Gasteiger partial charge in [0.1, 0.15) is 11.5 Å². The molecule has 1 N–H and O–H groups in total. The zero-order valence-electron chi connectivity index (χ0n) is 14.7. The molecular formula is C21H14BrClN2O2S. The van der Waals surface area contributed by atoms with Crippen molar-refractivity contribution in [2.24, 2.45) is 4.99 Å². The molecule has 0 saturated carbocycles. The molecule has 0 radical (unpaired) electrons. The van der Waals surface area contributed by atoms with Gasteiger partial charge in [0.2, 0.25) is 0 Å². The number of furan rings is 1. The first-order chi connectivity index (χ1) is 13.5. The molecule has 0 spiro atoms. The molecule has 4 rings (SSSR count). The quantitative estimate of drug-likeness (QED) is 0.438. The van der Waals surface area contributed by atoms with Crippen LogP contribution in [0, 0.1) is 6.92 Å². The number of rotatable bonds is 3. The van der Waals surface area contributed by atoms with E-state index < -0.39 is 0 Å². The van der Waals surface area contributed by atoms with Gasteiger partial charge in [-0.3, -0.25) is 4.79 Å². The Kier molecular flexibility index (Phi) is 5.44. The highest BCUT2D eigenvalue weighted by molar-refractivity contribution is 9.10. The number of nitrogens with zero attached hydrogens (tertiary/aromatic N) is 1. The Morgan fingerprint density at radius 1 is 1.14 bits per heavy atom. The largest absolute Gasteiger partial charge is 0.457 e. The van der Waals surface area contributed by atoms with E-state index in [4.69, 9.17) is 16.0 Å². The lowest BCUT2D eigenvalue weighted by atomic mass is 10.2. The summed E-state index contributed by atoms with van der Waals surface area (Å²) in [5.41, 5.74) is 2.68. The molecule has 0 bridgehead atoms. The van der Waals surface area contributed by atoms with Gasteiger partial charge in [0.25, 0.3) is 5.91 Å². The zero-order chi connectivity index (χ0) is 19.7. The van der Waals surface area contributed by atoms with Crippen LogP contribution in [0.3, 0.4) is 0 Å². The van der Waals surface area contributed by atoms with Crippen molar-refractivity contribution >= 4 is 62.1 Å². The van der Waals surface area contributed by atoms with Crippen LogP contribution in [0.25, 0.3) is 17.4 Å². The summed E-state index contributed by atoms with van der Waals surface area (Å²) in [5.74, 6) is 1.16. The van der Waals surface area contributed by atoms with Crippen molar-refractivity contribution in [2.75, 3.05) is 0 Å². The summed E-state index contributed by atoms with van der Waals surface area (Å²) >= 11 is 10.7. The Labute approximate surface area is 179 Å². The Balaban J connectivity index is 1.55. The third-order valence-corrected chi connectivity index (χ3v) is 5.73. The molecule has 7 heteroatoms. The van der Waals surface area contributed by atoms with Gasteiger partial charge in [-0.15, -0.1) is 0 Å². The number of amidine groups is 1. The standard InChI is InChI=1S/C21H14BrClN2O2S/c1-12-10-15(23)6-8-17(12)24-21-25-20(26)19(28-21)11-16-7-9-18(27-16)13-2-4-14(22)5-3-13/h2-11H,1H3,(H,24,25,26)/b19-11-. The van der Waals surface area contributed by atoms with Crippen molar-refractivity contribution in [2.45, 2.75) is 6.92 Å². The first-order valence-electron chi connectivity index (χ1n) is 8.39. The Hall–Kier alpha value is -2.28. The molecule has 2 aromatic carbocycles. The van der Waals surface area contributed by atoms with E-state index in [2.05, 4.69) is 26.2 Å². The number of thioether (sulfide) groups is 1. The fraction of sp³-hybridized carbons (Fsp3) is 0.0476. The number of aryl methyl sites for hydroxylation is 1. The van der Waals surface area contributed by atoms with Gasteiger partial charge in [-0.05, 0) is 66.7 Å². The van der Waals surface area contributed by atoms with Gasteiger partial charge in [0.15, 0.2) is 5.17 Å². The summed E-state index contributed by atoms with van der Waals surface area (Å²) in [6.07, 6.45) is 1.72. The number of hydrogen-bond donors (Lipinski definition) is 1. The minimum atomic E-state index is -0.197. The second kappa shape index (κ2) is 7.99. The Morgan fingerprint density at radius 2 is 1.93 bits per heavy atom. The summed E-state index contributed by atoms with van der Waals surface area (Å²) in [6.45, 7) is 1.93. The maximum Gasteiger partial charge on any atom is 0.264 e. The van der Waals surface area contributed by atoms with Crippen molar-refractivity contribution in [1.82, 2.24) is 5.32 Å². The molecule has 1 saturated heterocycles. The van der Waals surface area contributed by atoms with Crippen LogP contribution in [0.2, 0.25) is 5.02 Å². The fourth-order valence-corrected chi connectivity index (χ4v) is 3.97. The minimum Gasteiger partial charge on any atom is -0.457 e. The highest BCUT2D eigenvalue weighted by Gasteiger charge is 2.24. The van der Waals surface area contributed by atoms with Gasteiger partial charge >= 0.3 is 0 Å². The smallest absolute Gasteiger partial charge is 0.264 e. The number of amides is 1. The minimum absolute atomic E-state index is 0.197. The highest BCUT2D eigenvalue weighted by Crippen LogP contribution is 2.31. The van der Waals surface area contributed by atoms with Crippen LogP contribution in [0.5, 0.6) is 0 Å². The van der Waals surface area contributed by atoms with Crippen molar-refractivity contribution in [3.05, 3.63) is 80.3 Å². The average Bonchev–Trinajstić information content (AvgIpc) is 3.25. The molecule has 0 aliphatic carbocycles. The van der Waals surface area contributed by atoms with Gasteiger partial charge in [0, 0.05) is 21.1 Å². The van der Waals surface area contributed by atoms with Gasteiger partial charge in [-0.2, -0.15) is 0 Å². The van der Waals surface area contributed by atoms with Crippen LogP contribution in [0.15, 0.2) is 73.4 Å². The van der Waals surface area contributed by atoms with E-state index in [1.165, 1.54) is 11.8 Å². The summed E-state index contributed by atoms with van der Waals surface area (Å²) in [4.78, 5) is 17.3. The number of aliphatic imine (C=N–C) groups is 1. The van der Waals surface area contributed by atoms with Crippen LogP contribution in [-0.4, -0.2) is 11.1 Å². The molecule has 3 aromatic rings. The maximum atomic E-state index is 12.3. The van der Waals surface area contributed by atoms with E-state index in [0.29, 0.717) is 20.9 Å². The van der Waals surface area contributed by atoms with Crippen LogP contribution in [-0.2, 0) is 4.79 Å². The van der Waals surface area contributed by atoms with Gasteiger partial charge in [0.05, 0.1) is 10.6 Å². The molecule has 1 aliphatic rings. The predicted molar refractivity (Wildman–Crippen MR) is 119 cm³/mol. The second-order valence-corrected chi connectivity index (χ2v) is 8.50. The average molecular weight is 474 g/mol. The van der Waals surface area contributed by atoms with E-state index in [1.54, 1.807) is 12.1 Å². The number of benzene rings is 2. The maximum absolute atomic E-state index is 12.3. The molecule has 140 valence electrons. The van der Waals surface area contributed by atoms with Crippen LogP contribution in [0.1, 0.15) is 11.3 Å². The van der Waals surface area contributed by atoms with Crippen LogP contribution in [0.4, 0.5) is 5.69 Å². The highest BCUT2D eigenvalue weighted by atomic mass is 79.9. The van der Waals surface area contributed by atoms with Crippen molar-refractivity contribution in [3.63, 3.8) is 0 Å². The lowest BCUT2D eigenvalue weighted by molar-refractivity contribution is -0.115. The van der Waals surface area contributed by atoms with Gasteiger partial charge in [-0.1, -0.05) is 39.7 Å². The van der Waals surface area contributed by atoms with E-state index >= 15 is 0 Å². The molecule has 1 fully saturated rings. The third kappa shape index (κ3) is 4.24.